The second-order valence-electron chi connectivity index (χ2n) is 7.37. The van der Waals surface area contributed by atoms with Crippen LogP contribution in [0.2, 0.25) is 0 Å². The van der Waals surface area contributed by atoms with E-state index in [0.29, 0.717) is 28.2 Å². The highest BCUT2D eigenvalue weighted by Gasteiger charge is 2.39. The van der Waals surface area contributed by atoms with Crippen LogP contribution in [0.4, 0.5) is 0 Å². The molecule has 0 aromatic heterocycles. The van der Waals surface area contributed by atoms with E-state index in [1.807, 2.05) is 0 Å². The van der Waals surface area contributed by atoms with Gasteiger partial charge in [0.2, 0.25) is 0 Å². The number of fused-ring (bicyclic) bond motifs is 4. The molecule has 0 aromatic rings. The molecular weight excluding hydrogens is 312 g/mol. The molecule has 22 heavy (non-hydrogen) atoms. The molecule has 0 radical (unpaired) electrons. The molecule has 0 saturated heterocycles. The minimum atomic E-state index is 0.476. The third-order valence-electron chi connectivity index (χ3n) is 5.94. The summed E-state index contributed by atoms with van der Waals surface area (Å²) in [6.07, 6.45) is 12.5. The van der Waals surface area contributed by atoms with Gasteiger partial charge in [-0.2, -0.15) is 0 Å². The highest BCUT2D eigenvalue weighted by atomic mass is 32.1. The minimum absolute atomic E-state index is 0.476. The number of hydrogen-bond donors (Lipinski definition) is 4. The maximum absolute atomic E-state index is 5.38. The largest absolute Gasteiger partial charge is 0.358 e. The predicted molar refractivity (Wildman–Crippen MR) is 96.1 cm³/mol. The summed E-state index contributed by atoms with van der Waals surface area (Å²) < 4.78 is 0. The Hall–Kier alpha value is -0.880. The Morgan fingerprint density at radius 3 is 2.14 bits per heavy atom. The molecule has 0 amide bonds. The molecule has 0 unspecified atom stereocenters. The smallest absolute Gasteiger partial charge is 0.185 e. The summed E-state index contributed by atoms with van der Waals surface area (Å²) >= 11 is 10.7. The topological polar surface area (TPSA) is 48.1 Å². The van der Waals surface area contributed by atoms with Gasteiger partial charge in [0.1, 0.15) is 0 Å². The molecule has 0 aliphatic heterocycles. The SMILES string of the molecule is S=C(NNC(=S)N[C@@H]1C[C@H]2C=C[C@H]1C2)N[C@H]1C[C@H]2CC[C@H]1C2. The van der Waals surface area contributed by atoms with Crippen molar-refractivity contribution in [3.05, 3.63) is 12.2 Å². The van der Waals surface area contributed by atoms with Crippen LogP contribution in [0.15, 0.2) is 12.2 Å². The van der Waals surface area contributed by atoms with Gasteiger partial charge in [-0.3, -0.25) is 10.9 Å². The van der Waals surface area contributed by atoms with Gasteiger partial charge in [-0.1, -0.05) is 18.6 Å². The molecular formula is C16H24N4S2. The van der Waals surface area contributed by atoms with Crippen LogP contribution in [0.5, 0.6) is 0 Å². The van der Waals surface area contributed by atoms with Crippen LogP contribution >= 0.6 is 24.4 Å². The van der Waals surface area contributed by atoms with Gasteiger partial charge >= 0.3 is 0 Å². The van der Waals surface area contributed by atoms with Crippen molar-refractivity contribution in [1.29, 1.82) is 0 Å². The van der Waals surface area contributed by atoms with Crippen molar-refractivity contribution in [3.8, 4) is 0 Å². The average molecular weight is 337 g/mol. The van der Waals surface area contributed by atoms with Crippen LogP contribution in [-0.2, 0) is 0 Å². The zero-order chi connectivity index (χ0) is 15.1. The highest BCUT2D eigenvalue weighted by Crippen LogP contribution is 2.44. The van der Waals surface area contributed by atoms with Gasteiger partial charge in [0.25, 0.3) is 0 Å². The number of hydrazine groups is 1. The van der Waals surface area contributed by atoms with E-state index in [0.717, 1.165) is 17.8 Å². The first-order valence-corrected chi connectivity index (χ1v) is 9.30. The normalized spacial score (nSPS) is 40.7. The first kappa shape index (κ1) is 14.7. The third kappa shape index (κ3) is 2.95. The maximum atomic E-state index is 5.38. The lowest BCUT2D eigenvalue weighted by Crippen LogP contribution is -2.54. The molecule has 4 rings (SSSR count). The molecule has 4 N–H and O–H groups in total. The second-order valence-corrected chi connectivity index (χ2v) is 8.18. The number of hydrogen-bond acceptors (Lipinski definition) is 2. The molecule has 3 saturated carbocycles. The summed E-state index contributed by atoms with van der Waals surface area (Å²) in [4.78, 5) is 0. The molecule has 0 aromatic carbocycles. The first-order valence-electron chi connectivity index (χ1n) is 8.48. The Labute approximate surface area is 142 Å². The number of allylic oxidation sites excluding steroid dienone is 1. The summed E-state index contributed by atoms with van der Waals surface area (Å²) in [5.41, 5.74) is 6.06. The highest BCUT2D eigenvalue weighted by molar-refractivity contribution is 7.80. The van der Waals surface area contributed by atoms with E-state index in [1.54, 1.807) is 0 Å². The summed E-state index contributed by atoms with van der Waals surface area (Å²) in [6.45, 7) is 0. The van der Waals surface area contributed by atoms with Gasteiger partial charge in [-0.25, -0.2) is 0 Å². The fourth-order valence-corrected chi connectivity index (χ4v) is 5.30. The Kier molecular flexibility index (Phi) is 3.98. The molecule has 0 heterocycles. The lowest BCUT2D eigenvalue weighted by Gasteiger charge is -2.26. The molecule has 0 spiro atoms. The fraction of sp³-hybridized carbons (Fsp3) is 0.750. The first-order chi connectivity index (χ1) is 10.7. The third-order valence-corrected chi connectivity index (χ3v) is 6.38. The number of nitrogens with one attached hydrogen (secondary N) is 4. The molecule has 4 aliphatic rings. The Morgan fingerprint density at radius 1 is 0.818 bits per heavy atom. The number of thiocarbonyl (C=S) groups is 2. The van der Waals surface area contributed by atoms with Gasteiger partial charge in [0.05, 0.1) is 0 Å². The Morgan fingerprint density at radius 2 is 1.59 bits per heavy atom. The molecule has 4 bridgehead atoms. The van der Waals surface area contributed by atoms with E-state index >= 15 is 0 Å². The molecule has 120 valence electrons. The van der Waals surface area contributed by atoms with Crippen molar-refractivity contribution in [2.45, 2.75) is 50.6 Å². The van der Waals surface area contributed by atoms with Crippen molar-refractivity contribution in [1.82, 2.24) is 21.5 Å². The van der Waals surface area contributed by atoms with E-state index in [2.05, 4.69) is 33.6 Å². The van der Waals surface area contributed by atoms with Crippen molar-refractivity contribution < 1.29 is 0 Å². The lowest BCUT2D eigenvalue weighted by atomic mass is 9.96. The van der Waals surface area contributed by atoms with E-state index < -0.39 is 0 Å². The second kappa shape index (κ2) is 5.96. The lowest BCUT2D eigenvalue weighted by molar-refractivity contribution is 0.388. The molecule has 4 aliphatic carbocycles. The summed E-state index contributed by atoms with van der Waals surface area (Å²) in [5.74, 6) is 3.13. The summed E-state index contributed by atoms with van der Waals surface area (Å²) in [6, 6.07) is 1.03. The van der Waals surface area contributed by atoms with Gasteiger partial charge in [0.15, 0.2) is 10.2 Å². The van der Waals surface area contributed by atoms with Crippen LogP contribution in [0, 0.1) is 23.7 Å². The van der Waals surface area contributed by atoms with Crippen molar-refractivity contribution in [2.24, 2.45) is 23.7 Å². The molecule has 6 atom stereocenters. The van der Waals surface area contributed by atoms with Gasteiger partial charge in [-0.15, -0.1) is 0 Å². The van der Waals surface area contributed by atoms with Gasteiger partial charge in [0, 0.05) is 12.1 Å². The standard InChI is InChI=1S/C16H24N4S2/c21-15(17-13-7-9-1-3-11(13)5-9)19-20-16(22)18-14-8-10-2-4-12(14)6-10/h1,3,9-14H,2,4-8H2,(H2,17,19,21)(H2,18,20,22)/t9-,10-,11-,12-,13+,14-/m0/s1. The Balaban J connectivity index is 1.17. The zero-order valence-corrected chi connectivity index (χ0v) is 14.3. The van der Waals surface area contributed by atoms with Crippen LogP contribution in [-0.4, -0.2) is 22.3 Å². The van der Waals surface area contributed by atoms with Gasteiger partial charge < -0.3 is 10.6 Å². The van der Waals surface area contributed by atoms with E-state index in [1.165, 1.54) is 38.5 Å². The van der Waals surface area contributed by atoms with E-state index in [4.69, 9.17) is 24.4 Å². The Bertz CT molecular complexity index is 506. The minimum Gasteiger partial charge on any atom is -0.358 e. The van der Waals surface area contributed by atoms with Crippen molar-refractivity contribution >= 4 is 34.7 Å². The van der Waals surface area contributed by atoms with E-state index in [-0.39, 0.29) is 0 Å². The number of rotatable bonds is 2. The fourth-order valence-electron chi connectivity index (χ4n) is 4.89. The predicted octanol–water partition coefficient (Wildman–Crippen LogP) is 1.98. The van der Waals surface area contributed by atoms with E-state index in [9.17, 15) is 0 Å². The monoisotopic (exact) mass is 336 g/mol. The van der Waals surface area contributed by atoms with Crippen LogP contribution in [0.3, 0.4) is 0 Å². The zero-order valence-electron chi connectivity index (χ0n) is 12.7. The maximum Gasteiger partial charge on any atom is 0.185 e. The average Bonchev–Trinajstić information content (AvgIpc) is 3.25. The van der Waals surface area contributed by atoms with Crippen LogP contribution in [0.25, 0.3) is 0 Å². The summed E-state index contributed by atoms with van der Waals surface area (Å²) in [7, 11) is 0. The van der Waals surface area contributed by atoms with Crippen LogP contribution < -0.4 is 21.5 Å². The molecule has 3 fully saturated rings. The van der Waals surface area contributed by atoms with Crippen LogP contribution in [0.1, 0.15) is 38.5 Å². The van der Waals surface area contributed by atoms with Crippen molar-refractivity contribution in [2.75, 3.05) is 0 Å². The van der Waals surface area contributed by atoms with Gasteiger partial charge in [-0.05, 0) is 80.2 Å². The summed E-state index contributed by atoms with van der Waals surface area (Å²) in [5, 5.41) is 8.15. The molecule has 4 nitrogen and oxygen atoms in total. The molecule has 6 heteroatoms. The van der Waals surface area contributed by atoms with Crippen molar-refractivity contribution in [3.63, 3.8) is 0 Å². The quantitative estimate of drug-likeness (QED) is 0.351.